The van der Waals surface area contributed by atoms with Gasteiger partial charge in [-0.15, -0.1) is 0 Å². The topological polar surface area (TPSA) is 52.6 Å². The van der Waals surface area contributed by atoms with Gasteiger partial charge in [-0.2, -0.15) is 0 Å². The van der Waals surface area contributed by atoms with Gasteiger partial charge in [0.25, 0.3) is 0 Å². The molecule has 0 aliphatic heterocycles. The molecule has 0 radical (unpaired) electrons. The van der Waals surface area contributed by atoms with Crippen LogP contribution in [0.4, 0.5) is 0 Å². The molecule has 0 spiro atoms. The van der Waals surface area contributed by atoms with Crippen LogP contribution >= 0.6 is 0 Å². The molecule has 2 rings (SSSR count). The van der Waals surface area contributed by atoms with Crippen molar-refractivity contribution in [1.29, 1.82) is 0 Å². The summed E-state index contributed by atoms with van der Waals surface area (Å²) in [6, 6.07) is 0. The lowest BCUT2D eigenvalue weighted by molar-refractivity contribution is -0.151. The van der Waals surface area contributed by atoms with Crippen molar-refractivity contribution in [2.24, 2.45) is 23.7 Å². The molecular weight excluding hydrogens is 316 g/mol. The molecule has 0 aromatic heterocycles. The average molecular weight is 350 g/mol. The molecule has 2 aliphatic rings. The maximum absolute atomic E-state index is 12.2. The maximum atomic E-state index is 12.2. The van der Waals surface area contributed by atoms with E-state index >= 15 is 0 Å². The zero-order valence-corrected chi connectivity index (χ0v) is 15.9. The summed E-state index contributed by atoms with van der Waals surface area (Å²) in [5.74, 6) is 1.69. The number of carbonyl (C=O) groups excluding carboxylic acids is 2. The van der Waals surface area contributed by atoms with Gasteiger partial charge in [0.1, 0.15) is 6.10 Å². The summed E-state index contributed by atoms with van der Waals surface area (Å²) in [6.45, 7) is 8.25. The van der Waals surface area contributed by atoms with Crippen LogP contribution in [0.2, 0.25) is 0 Å². The third kappa shape index (κ3) is 6.16. The van der Waals surface area contributed by atoms with Gasteiger partial charge in [-0.05, 0) is 69.1 Å². The first-order valence-electron chi connectivity index (χ1n) is 10.0. The highest BCUT2D eigenvalue weighted by molar-refractivity contribution is 5.81. The van der Waals surface area contributed by atoms with E-state index in [1.165, 1.54) is 6.08 Å². The van der Waals surface area contributed by atoms with Gasteiger partial charge in [-0.25, -0.2) is 4.79 Å². The van der Waals surface area contributed by atoms with Gasteiger partial charge in [0.2, 0.25) is 0 Å². The first-order chi connectivity index (χ1) is 12.0. The molecule has 0 bridgehead atoms. The van der Waals surface area contributed by atoms with Crippen molar-refractivity contribution in [3.05, 3.63) is 12.7 Å². The molecule has 0 N–H and O–H groups in total. The Morgan fingerprint density at radius 1 is 1.04 bits per heavy atom. The van der Waals surface area contributed by atoms with Gasteiger partial charge in [0.15, 0.2) is 0 Å². The van der Waals surface area contributed by atoms with Crippen molar-refractivity contribution in [2.45, 2.75) is 77.7 Å². The van der Waals surface area contributed by atoms with Gasteiger partial charge in [-0.3, -0.25) is 4.79 Å². The Morgan fingerprint density at radius 2 is 1.60 bits per heavy atom. The number of hydrogen-bond donors (Lipinski definition) is 0. The molecular formula is C21H34O4. The number of esters is 2. The van der Waals surface area contributed by atoms with Crippen molar-refractivity contribution >= 4 is 11.9 Å². The number of rotatable bonds is 7. The summed E-state index contributed by atoms with van der Waals surface area (Å²) in [6.07, 6.45) is 10.7. The van der Waals surface area contributed by atoms with Crippen molar-refractivity contribution in [2.75, 3.05) is 6.61 Å². The Kier molecular flexibility index (Phi) is 7.98. The highest BCUT2D eigenvalue weighted by Crippen LogP contribution is 2.40. The molecule has 2 aliphatic carbocycles. The lowest BCUT2D eigenvalue weighted by Crippen LogP contribution is -2.31. The van der Waals surface area contributed by atoms with Crippen LogP contribution in [0.5, 0.6) is 0 Å². The summed E-state index contributed by atoms with van der Waals surface area (Å²) in [5, 5.41) is 0. The molecule has 2 fully saturated rings. The van der Waals surface area contributed by atoms with E-state index in [9.17, 15) is 9.59 Å². The second-order valence-corrected chi connectivity index (χ2v) is 7.93. The van der Waals surface area contributed by atoms with Crippen LogP contribution in [0, 0.1) is 23.7 Å². The van der Waals surface area contributed by atoms with E-state index in [1.54, 1.807) is 0 Å². The molecule has 0 heterocycles. The van der Waals surface area contributed by atoms with Crippen molar-refractivity contribution < 1.29 is 19.1 Å². The average Bonchev–Trinajstić information content (AvgIpc) is 2.66. The van der Waals surface area contributed by atoms with Crippen LogP contribution in [0.3, 0.4) is 0 Å². The minimum Gasteiger partial charge on any atom is -0.465 e. The smallest absolute Gasteiger partial charge is 0.330 e. The van der Waals surface area contributed by atoms with Crippen LogP contribution in [-0.4, -0.2) is 24.6 Å². The van der Waals surface area contributed by atoms with Gasteiger partial charge >= 0.3 is 11.9 Å². The summed E-state index contributed by atoms with van der Waals surface area (Å²) < 4.78 is 10.8. The molecule has 1 atom stereocenters. The maximum Gasteiger partial charge on any atom is 0.330 e. The van der Waals surface area contributed by atoms with Crippen LogP contribution in [-0.2, 0) is 19.1 Å². The van der Waals surface area contributed by atoms with E-state index in [0.29, 0.717) is 12.5 Å². The van der Waals surface area contributed by atoms with Crippen LogP contribution in [0.1, 0.15) is 71.6 Å². The summed E-state index contributed by atoms with van der Waals surface area (Å²) in [5.41, 5.74) is 0. The summed E-state index contributed by atoms with van der Waals surface area (Å²) in [4.78, 5) is 23.5. The Morgan fingerprint density at radius 3 is 2.12 bits per heavy atom. The molecule has 25 heavy (non-hydrogen) atoms. The number of hydrogen-bond acceptors (Lipinski definition) is 4. The molecule has 0 aromatic rings. The Bertz CT molecular complexity index is 443. The first kappa shape index (κ1) is 20.0. The number of ether oxygens (including phenoxy) is 2. The highest BCUT2D eigenvalue weighted by atomic mass is 16.5. The van der Waals surface area contributed by atoms with E-state index in [1.807, 2.05) is 0 Å². The van der Waals surface area contributed by atoms with E-state index in [0.717, 1.165) is 69.6 Å². The SMILES string of the molecule is C=CC(=O)OC1CCC(C2CCC(C(=O)OCC(C)CC)CC2)CC1. The van der Waals surface area contributed by atoms with Crippen LogP contribution < -0.4 is 0 Å². The lowest BCUT2D eigenvalue weighted by Gasteiger charge is -2.37. The molecule has 142 valence electrons. The second kappa shape index (κ2) is 9.98. The van der Waals surface area contributed by atoms with E-state index in [-0.39, 0.29) is 24.0 Å². The predicted octanol–water partition coefficient (Wildman–Crippen LogP) is 4.67. The fourth-order valence-corrected chi connectivity index (χ4v) is 4.18. The van der Waals surface area contributed by atoms with E-state index in [4.69, 9.17) is 9.47 Å². The van der Waals surface area contributed by atoms with Gasteiger partial charge in [-0.1, -0.05) is 26.8 Å². The largest absolute Gasteiger partial charge is 0.465 e. The molecule has 4 heteroatoms. The zero-order chi connectivity index (χ0) is 18.2. The molecule has 0 saturated heterocycles. The monoisotopic (exact) mass is 350 g/mol. The van der Waals surface area contributed by atoms with Crippen molar-refractivity contribution in [3.63, 3.8) is 0 Å². The van der Waals surface area contributed by atoms with E-state index < -0.39 is 0 Å². The lowest BCUT2D eigenvalue weighted by atomic mass is 9.70. The Labute approximate surface area is 152 Å². The minimum atomic E-state index is -0.306. The minimum absolute atomic E-state index is 0.0128. The van der Waals surface area contributed by atoms with E-state index in [2.05, 4.69) is 20.4 Å². The Hall–Kier alpha value is -1.32. The third-order valence-corrected chi connectivity index (χ3v) is 6.15. The quantitative estimate of drug-likeness (QED) is 0.494. The molecule has 2 saturated carbocycles. The molecule has 1 unspecified atom stereocenters. The standard InChI is InChI=1S/C21H34O4/c1-4-15(3)14-24-21(23)18-8-6-16(7-9-18)17-10-12-19(13-11-17)25-20(22)5-2/h5,15-19H,2,4,6-14H2,1,3H3. The second-order valence-electron chi connectivity index (χ2n) is 7.93. The number of carbonyl (C=O) groups is 2. The highest BCUT2D eigenvalue weighted by Gasteiger charge is 2.34. The zero-order valence-electron chi connectivity index (χ0n) is 15.9. The van der Waals surface area contributed by atoms with Crippen molar-refractivity contribution in [1.82, 2.24) is 0 Å². The molecule has 0 aromatic carbocycles. The van der Waals surface area contributed by atoms with Crippen LogP contribution in [0.15, 0.2) is 12.7 Å². The third-order valence-electron chi connectivity index (χ3n) is 6.15. The summed E-state index contributed by atoms with van der Waals surface area (Å²) >= 11 is 0. The Balaban J connectivity index is 1.68. The van der Waals surface area contributed by atoms with Gasteiger partial charge < -0.3 is 9.47 Å². The molecule has 0 amide bonds. The molecule has 4 nitrogen and oxygen atoms in total. The normalized spacial score (nSPS) is 31.0. The van der Waals surface area contributed by atoms with Crippen molar-refractivity contribution in [3.8, 4) is 0 Å². The van der Waals surface area contributed by atoms with Gasteiger partial charge in [0, 0.05) is 6.08 Å². The fourth-order valence-electron chi connectivity index (χ4n) is 4.18. The predicted molar refractivity (Wildman–Crippen MR) is 97.9 cm³/mol. The van der Waals surface area contributed by atoms with Gasteiger partial charge in [0.05, 0.1) is 12.5 Å². The summed E-state index contributed by atoms with van der Waals surface area (Å²) in [7, 11) is 0. The van der Waals surface area contributed by atoms with Crippen LogP contribution in [0.25, 0.3) is 0 Å². The first-order valence-corrected chi connectivity index (χ1v) is 10.0. The fraction of sp³-hybridized carbons (Fsp3) is 0.810.